The van der Waals surface area contributed by atoms with Crippen molar-refractivity contribution in [2.24, 2.45) is 0 Å². The van der Waals surface area contributed by atoms with Crippen LogP contribution >= 0.6 is 11.3 Å². The summed E-state index contributed by atoms with van der Waals surface area (Å²) in [6.45, 7) is 4.73. The number of nitrogens with zero attached hydrogens (tertiary/aromatic N) is 4. The van der Waals surface area contributed by atoms with Gasteiger partial charge in [-0.05, 0) is 69.5 Å². The van der Waals surface area contributed by atoms with Crippen LogP contribution in [0.15, 0.2) is 42.6 Å². The fourth-order valence-electron chi connectivity index (χ4n) is 4.06. The molecule has 9 heteroatoms. The first-order valence-electron chi connectivity index (χ1n) is 11.4. The van der Waals surface area contributed by atoms with Crippen molar-refractivity contribution in [2.45, 2.75) is 45.4 Å². The standard InChI is InChI=1S/C25H26N4O4S/c1-15(2)33-16-7-8-19-17(14-16)23(28-29(19)22-6-4-5-13-32-22)24-26-12-11-18(27-24)20-9-10-21(34-20)25(30)31-3/h7-12,14-15,22H,4-6,13H2,1-3H3. The van der Waals surface area contributed by atoms with Crippen LogP contribution in [0.3, 0.4) is 0 Å². The normalized spacial score (nSPS) is 16.2. The fraction of sp³-hybridized carbons (Fsp3) is 0.360. The van der Waals surface area contributed by atoms with Crippen molar-refractivity contribution in [3.05, 3.63) is 47.5 Å². The number of rotatable bonds is 6. The van der Waals surface area contributed by atoms with Gasteiger partial charge in [-0.25, -0.2) is 19.4 Å². The third-order valence-electron chi connectivity index (χ3n) is 5.59. The van der Waals surface area contributed by atoms with Gasteiger partial charge in [-0.2, -0.15) is 5.10 Å². The number of hydrogen-bond donors (Lipinski definition) is 0. The van der Waals surface area contributed by atoms with E-state index in [1.54, 1.807) is 12.3 Å². The summed E-state index contributed by atoms with van der Waals surface area (Å²) < 4.78 is 18.7. The molecule has 0 aliphatic carbocycles. The highest BCUT2D eigenvalue weighted by molar-refractivity contribution is 7.17. The van der Waals surface area contributed by atoms with Crippen molar-refractivity contribution >= 4 is 28.2 Å². The van der Waals surface area contributed by atoms with Crippen LogP contribution in [-0.2, 0) is 9.47 Å². The van der Waals surface area contributed by atoms with E-state index in [-0.39, 0.29) is 18.3 Å². The zero-order valence-corrected chi connectivity index (χ0v) is 20.2. The SMILES string of the molecule is COC(=O)c1ccc(-c2ccnc(-c3nn(C4CCCCO4)c4ccc(OC(C)C)cc34)n2)s1. The lowest BCUT2D eigenvalue weighted by atomic mass is 10.1. The van der Waals surface area contributed by atoms with Crippen LogP contribution in [0.2, 0.25) is 0 Å². The molecule has 0 bridgehead atoms. The molecule has 1 fully saturated rings. The van der Waals surface area contributed by atoms with E-state index in [1.165, 1.54) is 18.4 Å². The van der Waals surface area contributed by atoms with Crippen molar-refractivity contribution < 1.29 is 19.0 Å². The van der Waals surface area contributed by atoms with E-state index in [2.05, 4.69) is 4.98 Å². The molecule has 0 N–H and O–H groups in total. The van der Waals surface area contributed by atoms with Gasteiger partial charge in [0.05, 0.1) is 29.3 Å². The van der Waals surface area contributed by atoms with E-state index in [1.807, 2.05) is 48.9 Å². The Morgan fingerprint density at radius 2 is 2.09 bits per heavy atom. The Labute approximate surface area is 201 Å². The Bertz CT molecular complexity index is 1320. The molecule has 0 radical (unpaired) electrons. The quantitative estimate of drug-likeness (QED) is 0.338. The summed E-state index contributed by atoms with van der Waals surface area (Å²) in [7, 11) is 1.37. The number of esters is 1. The Kier molecular flexibility index (Phi) is 6.30. The number of aromatic nitrogens is 4. The van der Waals surface area contributed by atoms with E-state index in [0.717, 1.165) is 53.1 Å². The Hall–Kier alpha value is -3.30. The lowest BCUT2D eigenvalue weighted by Gasteiger charge is -2.23. The molecule has 1 atom stereocenters. The summed E-state index contributed by atoms with van der Waals surface area (Å²) >= 11 is 1.33. The summed E-state index contributed by atoms with van der Waals surface area (Å²) in [4.78, 5) is 22.6. The molecule has 5 rings (SSSR count). The molecule has 3 aromatic heterocycles. The number of fused-ring (bicyclic) bond motifs is 1. The molecule has 0 spiro atoms. The van der Waals surface area contributed by atoms with Crippen molar-refractivity contribution in [3.63, 3.8) is 0 Å². The third kappa shape index (κ3) is 4.41. The summed E-state index contributed by atoms with van der Waals surface area (Å²) in [5.74, 6) is 0.914. The van der Waals surface area contributed by atoms with Gasteiger partial charge < -0.3 is 14.2 Å². The zero-order chi connectivity index (χ0) is 23.7. The Balaban J connectivity index is 1.60. The van der Waals surface area contributed by atoms with Crippen molar-refractivity contribution in [3.8, 4) is 27.8 Å². The summed E-state index contributed by atoms with van der Waals surface area (Å²) in [6.07, 6.45) is 4.72. The second kappa shape index (κ2) is 9.52. The largest absolute Gasteiger partial charge is 0.491 e. The van der Waals surface area contributed by atoms with E-state index in [0.29, 0.717) is 16.4 Å². The van der Waals surface area contributed by atoms with Gasteiger partial charge in [0.15, 0.2) is 12.1 Å². The molecule has 0 amide bonds. The average molecular weight is 479 g/mol. The molecular weight excluding hydrogens is 452 g/mol. The number of methoxy groups -OCH3 is 1. The van der Waals surface area contributed by atoms with Gasteiger partial charge >= 0.3 is 5.97 Å². The summed E-state index contributed by atoms with van der Waals surface area (Å²) in [6, 6.07) is 11.4. The molecule has 1 aromatic carbocycles. The van der Waals surface area contributed by atoms with E-state index in [9.17, 15) is 4.79 Å². The third-order valence-corrected chi connectivity index (χ3v) is 6.68. The highest BCUT2D eigenvalue weighted by atomic mass is 32.1. The molecule has 1 saturated heterocycles. The molecule has 176 valence electrons. The summed E-state index contributed by atoms with van der Waals surface area (Å²) in [5.41, 5.74) is 2.34. The predicted molar refractivity (Wildman–Crippen MR) is 130 cm³/mol. The second-order valence-electron chi connectivity index (χ2n) is 8.38. The highest BCUT2D eigenvalue weighted by Crippen LogP contribution is 2.35. The predicted octanol–water partition coefficient (Wildman–Crippen LogP) is 5.49. The van der Waals surface area contributed by atoms with Crippen LogP contribution in [-0.4, -0.2) is 45.5 Å². The van der Waals surface area contributed by atoms with Crippen LogP contribution in [0, 0.1) is 0 Å². The number of hydrogen-bond acceptors (Lipinski definition) is 8. The Morgan fingerprint density at radius 1 is 1.21 bits per heavy atom. The minimum atomic E-state index is -0.361. The number of benzene rings is 1. The molecule has 4 heterocycles. The van der Waals surface area contributed by atoms with Crippen molar-refractivity contribution in [1.29, 1.82) is 0 Å². The number of carbonyl (C=O) groups excluding carboxylic acids is 1. The number of ether oxygens (including phenoxy) is 3. The van der Waals surface area contributed by atoms with Gasteiger partial charge in [0.2, 0.25) is 0 Å². The minimum absolute atomic E-state index is 0.0556. The van der Waals surface area contributed by atoms with Gasteiger partial charge in [0.1, 0.15) is 16.3 Å². The Morgan fingerprint density at radius 3 is 2.85 bits per heavy atom. The monoisotopic (exact) mass is 478 g/mol. The van der Waals surface area contributed by atoms with Gasteiger partial charge in [-0.15, -0.1) is 11.3 Å². The first-order valence-corrected chi connectivity index (χ1v) is 12.2. The highest BCUT2D eigenvalue weighted by Gasteiger charge is 2.23. The van der Waals surface area contributed by atoms with Crippen molar-refractivity contribution in [2.75, 3.05) is 13.7 Å². The second-order valence-corrected chi connectivity index (χ2v) is 9.46. The van der Waals surface area contributed by atoms with Crippen molar-refractivity contribution in [1.82, 2.24) is 19.7 Å². The minimum Gasteiger partial charge on any atom is -0.491 e. The molecule has 1 aliphatic rings. The maximum absolute atomic E-state index is 11.9. The molecule has 0 saturated carbocycles. The lowest BCUT2D eigenvalue weighted by molar-refractivity contribution is -0.0365. The van der Waals surface area contributed by atoms with E-state index >= 15 is 0 Å². The number of thiophene rings is 1. The molecule has 1 unspecified atom stereocenters. The van der Waals surface area contributed by atoms with Crippen LogP contribution in [0.4, 0.5) is 0 Å². The first kappa shape index (κ1) is 22.5. The van der Waals surface area contributed by atoms with Crippen LogP contribution in [0.5, 0.6) is 5.75 Å². The molecule has 34 heavy (non-hydrogen) atoms. The topological polar surface area (TPSA) is 88.4 Å². The van der Waals surface area contributed by atoms with E-state index < -0.39 is 0 Å². The van der Waals surface area contributed by atoms with Gasteiger partial charge in [-0.1, -0.05) is 0 Å². The van der Waals surface area contributed by atoms with Crippen LogP contribution in [0.1, 0.15) is 49.0 Å². The lowest BCUT2D eigenvalue weighted by Crippen LogP contribution is -2.19. The fourth-order valence-corrected chi connectivity index (χ4v) is 4.96. The van der Waals surface area contributed by atoms with Gasteiger partial charge in [0, 0.05) is 18.2 Å². The molecular formula is C25H26N4O4S. The average Bonchev–Trinajstić information content (AvgIpc) is 3.49. The van der Waals surface area contributed by atoms with Gasteiger partial charge in [-0.3, -0.25) is 0 Å². The zero-order valence-electron chi connectivity index (χ0n) is 19.4. The van der Waals surface area contributed by atoms with Crippen LogP contribution in [0.25, 0.3) is 33.0 Å². The molecule has 4 aromatic rings. The summed E-state index contributed by atoms with van der Waals surface area (Å²) in [5, 5.41) is 5.83. The van der Waals surface area contributed by atoms with Gasteiger partial charge in [0.25, 0.3) is 0 Å². The van der Waals surface area contributed by atoms with E-state index in [4.69, 9.17) is 24.3 Å². The molecule has 1 aliphatic heterocycles. The van der Waals surface area contributed by atoms with Crippen LogP contribution < -0.4 is 4.74 Å². The maximum atomic E-state index is 11.9. The molecule has 8 nitrogen and oxygen atoms in total. The smallest absolute Gasteiger partial charge is 0.348 e. The number of carbonyl (C=O) groups is 1. The first-order chi connectivity index (χ1) is 16.5. The maximum Gasteiger partial charge on any atom is 0.348 e.